The van der Waals surface area contributed by atoms with Crippen LogP contribution in [-0.4, -0.2) is 37.0 Å². The van der Waals surface area contributed by atoms with E-state index in [1.54, 1.807) is 6.92 Å². The highest BCUT2D eigenvalue weighted by Gasteiger charge is 2.23. The van der Waals surface area contributed by atoms with Crippen molar-refractivity contribution in [3.05, 3.63) is 154 Å². The zero-order valence-corrected chi connectivity index (χ0v) is 29.5. The Morgan fingerprint density at radius 1 is 0.537 bits per heavy atom. The number of methoxy groups -OCH3 is 1. The molecule has 0 aromatic heterocycles. The van der Waals surface area contributed by atoms with Crippen LogP contribution in [-0.2, 0) is 22.4 Å². The molecule has 0 N–H and O–H groups in total. The minimum absolute atomic E-state index is 0.0883. The van der Waals surface area contributed by atoms with Gasteiger partial charge in [-0.1, -0.05) is 43.7 Å². The first kappa shape index (κ1) is 38.5. The number of esters is 5. The first-order valence-corrected chi connectivity index (χ1v) is 16.8. The summed E-state index contributed by atoms with van der Waals surface area (Å²) >= 11 is 0. The van der Waals surface area contributed by atoms with Crippen molar-refractivity contribution < 1.29 is 56.4 Å². The Morgan fingerprint density at radius 2 is 1.09 bits per heavy atom. The van der Waals surface area contributed by atoms with Gasteiger partial charge in [0.15, 0.2) is 0 Å². The summed E-state index contributed by atoms with van der Waals surface area (Å²) in [5.41, 5.74) is 1.70. The van der Waals surface area contributed by atoms with Crippen LogP contribution in [0.2, 0.25) is 0 Å². The fourth-order valence-corrected chi connectivity index (χ4v) is 5.17. The van der Waals surface area contributed by atoms with Gasteiger partial charge in [0, 0.05) is 12.5 Å². The normalized spacial score (nSPS) is 10.6. The SMILES string of the molecule is CCCc1ccc(CCC(=O)Oc2ccc(C(=O)Oc3ccc(C(=O)Oc4ccc(OC(=O)c5ccc(C)cc5F)c(C(=O)OC)c4)c(F)c3)cc2)cc1. The maximum Gasteiger partial charge on any atom is 0.346 e. The average molecular weight is 737 g/mol. The fourth-order valence-electron chi connectivity index (χ4n) is 5.17. The van der Waals surface area contributed by atoms with Crippen molar-refractivity contribution in [2.45, 2.75) is 39.5 Å². The van der Waals surface area contributed by atoms with E-state index in [4.69, 9.17) is 23.7 Å². The predicted octanol–water partition coefficient (Wildman–Crippen LogP) is 8.21. The van der Waals surface area contributed by atoms with Gasteiger partial charge in [-0.15, -0.1) is 0 Å². The molecule has 276 valence electrons. The van der Waals surface area contributed by atoms with E-state index in [-0.39, 0.29) is 46.1 Å². The zero-order chi connectivity index (χ0) is 38.8. The van der Waals surface area contributed by atoms with Crippen LogP contribution in [0.25, 0.3) is 0 Å². The second-order valence-electron chi connectivity index (χ2n) is 12.0. The van der Waals surface area contributed by atoms with Gasteiger partial charge in [-0.3, -0.25) is 4.79 Å². The maximum absolute atomic E-state index is 15.0. The second-order valence-corrected chi connectivity index (χ2v) is 12.0. The van der Waals surface area contributed by atoms with E-state index in [1.165, 1.54) is 54.1 Å². The van der Waals surface area contributed by atoms with Crippen molar-refractivity contribution >= 4 is 29.8 Å². The molecule has 0 atom stereocenters. The standard InChI is InChI=1S/C42H34F2O10/c1-4-5-26-7-9-27(10-8-26)11-21-38(45)51-29-14-12-28(13-15-29)39(46)52-31-16-19-33(36(44)24-31)41(48)53-30-17-20-37(34(23-30)40(47)50-3)54-42(49)32-18-6-25(2)22-35(32)43/h6-10,12-20,22-24H,4-5,11,21H2,1-3H3. The molecule has 0 fully saturated rings. The lowest BCUT2D eigenvalue weighted by molar-refractivity contribution is -0.134. The number of hydrogen-bond acceptors (Lipinski definition) is 10. The Bertz CT molecular complexity index is 2190. The number of halogens is 2. The van der Waals surface area contributed by atoms with E-state index in [0.29, 0.717) is 12.0 Å². The number of carbonyl (C=O) groups is 5. The molecule has 0 heterocycles. The number of ether oxygens (including phenoxy) is 5. The first-order chi connectivity index (χ1) is 25.9. The number of hydrogen-bond donors (Lipinski definition) is 0. The van der Waals surface area contributed by atoms with Gasteiger partial charge in [0.05, 0.1) is 23.8 Å². The van der Waals surface area contributed by atoms with Crippen LogP contribution < -0.4 is 18.9 Å². The molecule has 10 nitrogen and oxygen atoms in total. The van der Waals surface area contributed by atoms with Crippen molar-refractivity contribution in [1.29, 1.82) is 0 Å². The highest BCUT2D eigenvalue weighted by molar-refractivity contribution is 5.97. The first-order valence-electron chi connectivity index (χ1n) is 16.8. The topological polar surface area (TPSA) is 132 Å². The highest BCUT2D eigenvalue weighted by atomic mass is 19.1. The van der Waals surface area contributed by atoms with Crippen molar-refractivity contribution in [3.8, 4) is 23.0 Å². The summed E-state index contributed by atoms with van der Waals surface area (Å²) in [7, 11) is 1.07. The molecule has 0 saturated heterocycles. The zero-order valence-electron chi connectivity index (χ0n) is 29.5. The predicted molar refractivity (Wildman–Crippen MR) is 191 cm³/mol. The molecule has 0 unspecified atom stereocenters. The van der Waals surface area contributed by atoms with Gasteiger partial charge in [0.25, 0.3) is 0 Å². The van der Waals surface area contributed by atoms with E-state index in [9.17, 15) is 28.4 Å². The van der Waals surface area contributed by atoms with Crippen molar-refractivity contribution in [3.63, 3.8) is 0 Å². The minimum Gasteiger partial charge on any atom is -0.465 e. The van der Waals surface area contributed by atoms with Crippen molar-refractivity contribution in [2.24, 2.45) is 0 Å². The molecule has 54 heavy (non-hydrogen) atoms. The molecule has 0 spiro atoms. The van der Waals surface area contributed by atoms with E-state index in [1.807, 2.05) is 24.3 Å². The Kier molecular flexibility index (Phi) is 12.6. The van der Waals surface area contributed by atoms with Crippen molar-refractivity contribution in [2.75, 3.05) is 7.11 Å². The molecule has 0 aliphatic carbocycles. The van der Waals surface area contributed by atoms with Gasteiger partial charge in [0.1, 0.15) is 40.2 Å². The Balaban J connectivity index is 1.17. The Morgan fingerprint density at radius 3 is 1.72 bits per heavy atom. The highest BCUT2D eigenvalue weighted by Crippen LogP contribution is 2.28. The van der Waals surface area contributed by atoms with Crippen LogP contribution in [0.15, 0.2) is 103 Å². The minimum atomic E-state index is -1.16. The van der Waals surface area contributed by atoms with Crippen LogP contribution in [0.4, 0.5) is 8.78 Å². The van der Waals surface area contributed by atoms with E-state index < -0.39 is 47.0 Å². The third kappa shape index (κ3) is 10.0. The lowest BCUT2D eigenvalue weighted by Gasteiger charge is -2.12. The van der Waals surface area contributed by atoms with Gasteiger partial charge in [-0.25, -0.2) is 28.0 Å². The molecule has 5 aromatic rings. The van der Waals surface area contributed by atoms with Gasteiger partial charge < -0.3 is 23.7 Å². The second kappa shape index (κ2) is 17.7. The maximum atomic E-state index is 15.0. The van der Waals surface area contributed by atoms with Crippen LogP contribution in [0.1, 0.15) is 77.9 Å². The number of aryl methyl sites for hydroxylation is 3. The van der Waals surface area contributed by atoms with Crippen molar-refractivity contribution in [1.82, 2.24) is 0 Å². The quantitative estimate of drug-likeness (QED) is 0.0861. The molecule has 0 bridgehead atoms. The summed E-state index contributed by atoms with van der Waals surface area (Å²) in [5.74, 6) is -6.91. The van der Waals surface area contributed by atoms with Gasteiger partial charge in [-0.2, -0.15) is 0 Å². The van der Waals surface area contributed by atoms with Crippen LogP contribution in [0.3, 0.4) is 0 Å². The fraction of sp³-hybridized carbons (Fsp3) is 0.167. The van der Waals surface area contributed by atoms with E-state index >= 15 is 4.39 Å². The number of carbonyl (C=O) groups excluding carboxylic acids is 5. The molecule has 0 radical (unpaired) electrons. The molecule has 12 heteroatoms. The number of benzene rings is 5. The molecule has 0 saturated carbocycles. The number of rotatable bonds is 13. The summed E-state index contributed by atoms with van der Waals surface area (Å²) in [5, 5.41) is 0. The Labute approximate surface area is 309 Å². The van der Waals surface area contributed by atoms with Crippen LogP contribution >= 0.6 is 0 Å². The Hall–Kier alpha value is -6.69. The summed E-state index contributed by atoms with van der Waals surface area (Å²) in [6, 6.07) is 24.0. The molecule has 0 aliphatic heterocycles. The van der Waals surface area contributed by atoms with Gasteiger partial charge in [-0.05, 0) is 103 Å². The largest absolute Gasteiger partial charge is 0.465 e. The molecule has 0 amide bonds. The smallest absolute Gasteiger partial charge is 0.346 e. The van der Waals surface area contributed by atoms with Gasteiger partial charge >= 0.3 is 29.8 Å². The third-order valence-corrected chi connectivity index (χ3v) is 7.99. The van der Waals surface area contributed by atoms with Gasteiger partial charge in [0.2, 0.25) is 0 Å². The summed E-state index contributed by atoms with van der Waals surface area (Å²) < 4.78 is 55.2. The molecular weight excluding hydrogens is 702 g/mol. The van der Waals surface area contributed by atoms with E-state index in [0.717, 1.165) is 55.8 Å². The lowest BCUT2D eigenvalue weighted by Crippen LogP contribution is -2.15. The monoisotopic (exact) mass is 736 g/mol. The molecule has 5 aromatic carbocycles. The molecule has 5 rings (SSSR count). The lowest BCUT2D eigenvalue weighted by atomic mass is 10.0. The van der Waals surface area contributed by atoms with Crippen LogP contribution in [0, 0.1) is 18.6 Å². The summed E-state index contributed by atoms with van der Waals surface area (Å²) in [6.07, 6.45) is 2.74. The third-order valence-electron chi connectivity index (χ3n) is 7.99. The molecular formula is C42H34F2O10. The van der Waals surface area contributed by atoms with E-state index in [2.05, 4.69) is 6.92 Å². The summed E-state index contributed by atoms with van der Waals surface area (Å²) in [4.78, 5) is 63.0. The molecule has 0 aliphatic rings. The summed E-state index contributed by atoms with van der Waals surface area (Å²) in [6.45, 7) is 3.76. The average Bonchev–Trinajstić information content (AvgIpc) is 3.15. The van der Waals surface area contributed by atoms with Crippen LogP contribution in [0.5, 0.6) is 23.0 Å².